The van der Waals surface area contributed by atoms with Crippen molar-refractivity contribution in [3.8, 4) is 0 Å². The van der Waals surface area contributed by atoms with E-state index < -0.39 is 11.7 Å². The zero-order valence-corrected chi connectivity index (χ0v) is 12.3. The van der Waals surface area contributed by atoms with E-state index in [0.717, 1.165) is 6.42 Å². The van der Waals surface area contributed by atoms with Crippen LogP contribution in [0.3, 0.4) is 0 Å². The lowest BCUT2D eigenvalue weighted by molar-refractivity contribution is 0.0797. The van der Waals surface area contributed by atoms with Gasteiger partial charge in [0, 0.05) is 19.1 Å². The van der Waals surface area contributed by atoms with Gasteiger partial charge in [0.25, 0.3) is 5.91 Å². The zero-order chi connectivity index (χ0) is 15.5. The Labute approximate surface area is 131 Å². The molecule has 0 radical (unpaired) electrons. The van der Waals surface area contributed by atoms with E-state index in [1.54, 1.807) is 0 Å². The fourth-order valence-electron chi connectivity index (χ4n) is 2.50. The number of aromatic nitrogens is 3. The van der Waals surface area contributed by atoms with E-state index in [2.05, 4.69) is 20.5 Å². The predicted octanol–water partition coefficient (Wildman–Crippen LogP) is 2.10. The number of H-pyrrole nitrogens is 1. The fourth-order valence-corrected chi connectivity index (χ4v) is 2.67. The number of ether oxygens (including phenoxy) is 1. The number of carbonyl (C=O) groups excluding carboxylic acids is 1. The van der Waals surface area contributed by atoms with Crippen LogP contribution in [0, 0.1) is 11.7 Å². The molecule has 1 fully saturated rings. The molecule has 0 saturated carbocycles. The van der Waals surface area contributed by atoms with E-state index in [1.807, 2.05) is 0 Å². The highest BCUT2D eigenvalue weighted by molar-refractivity contribution is 6.31. The van der Waals surface area contributed by atoms with Crippen molar-refractivity contribution < 1.29 is 13.9 Å². The van der Waals surface area contributed by atoms with Gasteiger partial charge < -0.3 is 10.1 Å². The Morgan fingerprint density at radius 3 is 3.18 bits per heavy atom. The molecule has 0 aliphatic carbocycles. The van der Waals surface area contributed by atoms with Crippen LogP contribution in [0.4, 0.5) is 4.39 Å². The second-order valence-corrected chi connectivity index (χ2v) is 5.43. The summed E-state index contributed by atoms with van der Waals surface area (Å²) in [4.78, 5) is 16.2. The number of carbonyl (C=O) groups is 1. The summed E-state index contributed by atoms with van der Waals surface area (Å²) in [6.07, 6.45) is 1.95. The molecule has 1 aliphatic heterocycles. The number of halogens is 2. The standard InChI is InChI=1S/C14H14ClFN4O2/c15-10-3-1-2-9(11(10)16)14(21)17-6-8-4-5-22-12(8)13-18-7-19-20-13/h1-3,7-8,12H,4-6H2,(H,17,21)(H,18,19,20)/t8-,12-/m0/s1. The maximum absolute atomic E-state index is 13.8. The number of benzene rings is 1. The third-order valence-corrected chi connectivity index (χ3v) is 3.93. The minimum absolute atomic E-state index is 0.0548. The molecular formula is C14H14ClFN4O2. The summed E-state index contributed by atoms with van der Waals surface area (Å²) in [6, 6.07) is 4.34. The first-order valence-corrected chi connectivity index (χ1v) is 7.23. The van der Waals surface area contributed by atoms with Gasteiger partial charge in [0.2, 0.25) is 0 Å². The topological polar surface area (TPSA) is 79.9 Å². The molecule has 0 bridgehead atoms. The summed E-state index contributed by atoms with van der Waals surface area (Å²) in [5.74, 6) is -0.524. The molecule has 3 rings (SSSR count). The molecule has 1 saturated heterocycles. The minimum Gasteiger partial charge on any atom is -0.370 e. The maximum atomic E-state index is 13.8. The van der Waals surface area contributed by atoms with Crippen LogP contribution in [0.2, 0.25) is 5.02 Å². The van der Waals surface area contributed by atoms with E-state index in [4.69, 9.17) is 16.3 Å². The van der Waals surface area contributed by atoms with E-state index in [-0.39, 0.29) is 22.6 Å². The average molecular weight is 325 g/mol. The maximum Gasteiger partial charge on any atom is 0.254 e. The summed E-state index contributed by atoms with van der Waals surface area (Å²) in [5.41, 5.74) is -0.0670. The summed E-state index contributed by atoms with van der Waals surface area (Å²) >= 11 is 5.68. The summed E-state index contributed by atoms with van der Waals surface area (Å²) < 4.78 is 19.4. The van der Waals surface area contributed by atoms with Gasteiger partial charge in [0.15, 0.2) is 11.6 Å². The van der Waals surface area contributed by atoms with Crippen LogP contribution >= 0.6 is 11.6 Å². The molecule has 6 nitrogen and oxygen atoms in total. The Morgan fingerprint density at radius 2 is 2.41 bits per heavy atom. The molecule has 22 heavy (non-hydrogen) atoms. The number of hydrogen-bond donors (Lipinski definition) is 2. The van der Waals surface area contributed by atoms with Crippen LogP contribution in [-0.2, 0) is 4.74 Å². The van der Waals surface area contributed by atoms with Gasteiger partial charge in [-0.2, -0.15) is 5.10 Å². The van der Waals surface area contributed by atoms with Crippen LogP contribution in [0.15, 0.2) is 24.5 Å². The Balaban J connectivity index is 1.64. The highest BCUT2D eigenvalue weighted by Crippen LogP contribution is 2.31. The molecule has 1 aliphatic rings. The quantitative estimate of drug-likeness (QED) is 0.902. The molecule has 2 atom stereocenters. The number of amides is 1. The Hall–Kier alpha value is -1.99. The Kier molecular flexibility index (Phi) is 4.35. The number of nitrogens with zero attached hydrogens (tertiary/aromatic N) is 2. The van der Waals surface area contributed by atoms with E-state index in [9.17, 15) is 9.18 Å². The summed E-state index contributed by atoms with van der Waals surface area (Å²) in [5, 5.41) is 9.21. The third kappa shape index (κ3) is 2.95. The van der Waals surface area contributed by atoms with Gasteiger partial charge in [-0.25, -0.2) is 9.37 Å². The summed E-state index contributed by atoms with van der Waals surface area (Å²) in [7, 11) is 0. The van der Waals surface area contributed by atoms with Crippen molar-refractivity contribution in [1.82, 2.24) is 20.5 Å². The van der Waals surface area contributed by atoms with Gasteiger partial charge in [-0.15, -0.1) is 0 Å². The summed E-state index contributed by atoms with van der Waals surface area (Å²) in [6.45, 7) is 0.938. The van der Waals surface area contributed by atoms with Crippen LogP contribution in [-0.4, -0.2) is 34.2 Å². The fraction of sp³-hybridized carbons (Fsp3) is 0.357. The van der Waals surface area contributed by atoms with Crippen molar-refractivity contribution in [2.75, 3.05) is 13.2 Å². The van der Waals surface area contributed by atoms with Gasteiger partial charge in [0.1, 0.15) is 12.4 Å². The van der Waals surface area contributed by atoms with Crippen LogP contribution in [0.25, 0.3) is 0 Å². The van der Waals surface area contributed by atoms with Gasteiger partial charge in [-0.3, -0.25) is 9.89 Å². The highest BCUT2D eigenvalue weighted by atomic mass is 35.5. The lowest BCUT2D eigenvalue weighted by Crippen LogP contribution is -2.31. The number of aromatic amines is 1. The van der Waals surface area contributed by atoms with E-state index in [1.165, 1.54) is 24.5 Å². The van der Waals surface area contributed by atoms with Gasteiger partial charge >= 0.3 is 0 Å². The minimum atomic E-state index is -0.712. The molecular weight excluding hydrogens is 311 g/mol. The van der Waals surface area contributed by atoms with E-state index in [0.29, 0.717) is 19.0 Å². The molecule has 0 unspecified atom stereocenters. The highest BCUT2D eigenvalue weighted by Gasteiger charge is 2.32. The van der Waals surface area contributed by atoms with Crippen molar-refractivity contribution in [1.29, 1.82) is 0 Å². The van der Waals surface area contributed by atoms with E-state index >= 15 is 0 Å². The molecule has 116 valence electrons. The lowest BCUT2D eigenvalue weighted by atomic mass is 10.0. The molecule has 0 spiro atoms. The second kappa shape index (κ2) is 6.41. The SMILES string of the molecule is O=C(NC[C@@H]1CCO[C@@H]1c1ncn[nH]1)c1cccc(Cl)c1F. The molecule has 8 heteroatoms. The first-order valence-electron chi connectivity index (χ1n) is 6.86. The predicted molar refractivity (Wildman–Crippen MR) is 76.9 cm³/mol. The van der Waals surface area contributed by atoms with Crippen LogP contribution in [0.1, 0.15) is 28.7 Å². The van der Waals surface area contributed by atoms with Gasteiger partial charge in [0.05, 0.1) is 10.6 Å². The third-order valence-electron chi connectivity index (χ3n) is 3.64. The van der Waals surface area contributed by atoms with Crippen molar-refractivity contribution in [3.05, 3.63) is 46.8 Å². The van der Waals surface area contributed by atoms with Crippen molar-refractivity contribution in [2.45, 2.75) is 12.5 Å². The molecule has 1 aromatic carbocycles. The average Bonchev–Trinajstić information content (AvgIpc) is 3.17. The first-order chi connectivity index (χ1) is 10.7. The smallest absolute Gasteiger partial charge is 0.254 e. The number of hydrogen-bond acceptors (Lipinski definition) is 4. The monoisotopic (exact) mass is 324 g/mol. The Morgan fingerprint density at radius 1 is 1.55 bits per heavy atom. The molecule has 1 aromatic heterocycles. The molecule has 2 aromatic rings. The molecule has 2 N–H and O–H groups in total. The van der Waals surface area contributed by atoms with Crippen molar-refractivity contribution >= 4 is 17.5 Å². The Bertz CT molecular complexity index is 665. The van der Waals surface area contributed by atoms with Crippen molar-refractivity contribution in [2.24, 2.45) is 5.92 Å². The largest absolute Gasteiger partial charge is 0.370 e. The van der Waals surface area contributed by atoms with Gasteiger partial charge in [-0.05, 0) is 18.6 Å². The number of nitrogens with one attached hydrogen (secondary N) is 2. The van der Waals surface area contributed by atoms with Crippen LogP contribution < -0.4 is 5.32 Å². The lowest BCUT2D eigenvalue weighted by Gasteiger charge is -2.17. The zero-order valence-electron chi connectivity index (χ0n) is 11.6. The number of rotatable bonds is 4. The van der Waals surface area contributed by atoms with Gasteiger partial charge in [-0.1, -0.05) is 17.7 Å². The second-order valence-electron chi connectivity index (χ2n) is 5.02. The first kappa shape index (κ1) is 14.9. The van der Waals surface area contributed by atoms with Crippen LogP contribution in [0.5, 0.6) is 0 Å². The van der Waals surface area contributed by atoms with Crippen molar-refractivity contribution in [3.63, 3.8) is 0 Å². The normalized spacial score (nSPS) is 21.0. The molecule has 2 heterocycles. The molecule has 1 amide bonds.